The second-order valence-corrected chi connectivity index (χ2v) is 5.92. The topological polar surface area (TPSA) is 49.3 Å². The van der Waals surface area contributed by atoms with Crippen LogP contribution in [0.25, 0.3) is 0 Å². The van der Waals surface area contributed by atoms with E-state index in [0.29, 0.717) is 22.3 Å². The van der Waals surface area contributed by atoms with Gasteiger partial charge < -0.3 is 10.4 Å². The molecule has 0 aliphatic carbocycles. The lowest BCUT2D eigenvalue weighted by molar-refractivity contribution is -0.141. The Kier molecular flexibility index (Phi) is 4.29. The van der Waals surface area contributed by atoms with Gasteiger partial charge in [-0.05, 0) is 46.3 Å². The van der Waals surface area contributed by atoms with Crippen LogP contribution in [0.15, 0.2) is 21.5 Å². The van der Waals surface area contributed by atoms with Gasteiger partial charge in [-0.3, -0.25) is 4.79 Å². The molecule has 1 fully saturated rings. The van der Waals surface area contributed by atoms with E-state index < -0.39 is 11.9 Å². The Morgan fingerprint density at radius 2 is 2.33 bits per heavy atom. The van der Waals surface area contributed by atoms with E-state index in [4.69, 9.17) is 5.11 Å². The van der Waals surface area contributed by atoms with Crippen LogP contribution in [0.4, 0.5) is 4.39 Å². The highest BCUT2D eigenvalue weighted by Gasteiger charge is 2.30. The Morgan fingerprint density at radius 3 is 2.83 bits per heavy atom. The minimum Gasteiger partial charge on any atom is -0.481 e. The van der Waals surface area contributed by atoms with E-state index >= 15 is 0 Å². The van der Waals surface area contributed by atoms with Gasteiger partial charge in [0.05, 0.1) is 10.8 Å². The van der Waals surface area contributed by atoms with Crippen molar-refractivity contribution in [1.29, 1.82) is 0 Å². The van der Waals surface area contributed by atoms with Crippen LogP contribution in [0.1, 0.15) is 18.0 Å². The van der Waals surface area contributed by atoms with Crippen molar-refractivity contribution in [3.05, 3.63) is 28.0 Å². The maximum Gasteiger partial charge on any atom is 0.307 e. The number of benzene rings is 1. The fourth-order valence-corrected chi connectivity index (χ4v) is 3.60. The molecule has 1 aromatic rings. The molecule has 1 heterocycles. The Balaban J connectivity index is 2.23. The quantitative estimate of drug-likeness (QED) is 0.835. The average molecular weight is 334 g/mol. The van der Waals surface area contributed by atoms with Gasteiger partial charge in [0.2, 0.25) is 0 Å². The van der Waals surface area contributed by atoms with E-state index in [1.165, 1.54) is 17.8 Å². The number of carbonyl (C=O) groups is 1. The highest BCUT2D eigenvalue weighted by molar-refractivity contribution is 9.10. The van der Waals surface area contributed by atoms with Crippen LogP contribution in [-0.2, 0) is 4.79 Å². The maximum absolute atomic E-state index is 13.8. The summed E-state index contributed by atoms with van der Waals surface area (Å²) in [7, 11) is 0. The molecule has 2 unspecified atom stereocenters. The smallest absolute Gasteiger partial charge is 0.307 e. The lowest BCUT2D eigenvalue weighted by Gasteiger charge is -2.13. The molecule has 1 saturated heterocycles. The molecule has 2 rings (SSSR count). The lowest BCUT2D eigenvalue weighted by atomic mass is 10.0. The number of aliphatic carboxylic acids is 1. The van der Waals surface area contributed by atoms with E-state index in [0.717, 1.165) is 5.56 Å². The Morgan fingerprint density at radius 1 is 1.61 bits per heavy atom. The van der Waals surface area contributed by atoms with Crippen LogP contribution < -0.4 is 5.32 Å². The number of nitrogens with one attached hydrogen (secondary N) is 1. The molecular formula is C12H13BrFNO2S. The van der Waals surface area contributed by atoms with Gasteiger partial charge in [0, 0.05) is 17.1 Å². The molecule has 6 heteroatoms. The molecule has 0 amide bonds. The van der Waals surface area contributed by atoms with Gasteiger partial charge in [-0.15, -0.1) is 11.8 Å². The highest BCUT2D eigenvalue weighted by Crippen LogP contribution is 2.34. The van der Waals surface area contributed by atoms with Gasteiger partial charge in [0.15, 0.2) is 0 Å². The molecule has 0 aromatic heterocycles. The Bertz CT molecular complexity index is 460. The van der Waals surface area contributed by atoms with Crippen molar-refractivity contribution in [2.45, 2.75) is 17.4 Å². The molecule has 0 spiro atoms. The summed E-state index contributed by atoms with van der Waals surface area (Å²) in [5.41, 5.74) is 0.793. The molecule has 18 heavy (non-hydrogen) atoms. The fourth-order valence-electron chi connectivity index (χ4n) is 2.15. The molecule has 3 nitrogen and oxygen atoms in total. The van der Waals surface area contributed by atoms with Crippen LogP contribution in [0.5, 0.6) is 0 Å². The van der Waals surface area contributed by atoms with Crippen molar-refractivity contribution < 1.29 is 14.3 Å². The predicted molar refractivity (Wildman–Crippen MR) is 72.4 cm³/mol. The first-order valence-electron chi connectivity index (χ1n) is 5.52. The number of thioether (sulfide) groups is 1. The summed E-state index contributed by atoms with van der Waals surface area (Å²) in [5, 5.41) is 12.1. The number of halogens is 2. The lowest BCUT2D eigenvalue weighted by Crippen LogP contribution is -2.17. The summed E-state index contributed by atoms with van der Waals surface area (Å²) in [6.45, 7) is 0.434. The number of carboxylic acids is 1. The van der Waals surface area contributed by atoms with Gasteiger partial charge in [0.25, 0.3) is 0 Å². The zero-order valence-corrected chi connectivity index (χ0v) is 12.1. The third-order valence-corrected chi connectivity index (χ3v) is 4.82. The van der Waals surface area contributed by atoms with Crippen LogP contribution >= 0.6 is 27.7 Å². The minimum absolute atomic E-state index is 0.0900. The first-order valence-corrected chi connectivity index (χ1v) is 7.53. The van der Waals surface area contributed by atoms with E-state index in [2.05, 4.69) is 21.2 Å². The van der Waals surface area contributed by atoms with Crippen LogP contribution in [0, 0.1) is 11.7 Å². The van der Waals surface area contributed by atoms with Gasteiger partial charge in [-0.25, -0.2) is 4.39 Å². The first kappa shape index (κ1) is 13.8. The SMILES string of the molecule is CSc1c(F)cc(C2CC(C(=O)O)CN2)cc1Br. The molecule has 1 aromatic carbocycles. The number of rotatable bonds is 3. The van der Waals surface area contributed by atoms with E-state index in [-0.39, 0.29) is 11.9 Å². The maximum atomic E-state index is 13.8. The molecule has 0 bridgehead atoms. The second-order valence-electron chi connectivity index (χ2n) is 4.25. The summed E-state index contributed by atoms with van der Waals surface area (Å²) in [6, 6.07) is 3.25. The third kappa shape index (κ3) is 2.70. The van der Waals surface area contributed by atoms with Gasteiger partial charge >= 0.3 is 5.97 Å². The zero-order valence-electron chi connectivity index (χ0n) is 9.74. The van der Waals surface area contributed by atoms with Crippen molar-refractivity contribution in [2.24, 2.45) is 5.92 Å². The van der Waals surface area contributed by atoms with Gasteiger partial charge in [0.1, 0.15) is 5.82 Å². The van der Waals surface area contributed by atoms with Crippen molar-refractivity contribution in [2.75, 3.05) is 12.8 Å². The molecule has 0 radical (unpaired) electrons. The molecule has 2 N–H and O–H groups in total. The number of hydrogen-bond donors (Lipinski definition) is 2. The Labute approximate surface area is 117 Å². The zero-order chi connectivity index (χ0) is 13.3. The first-order chi connectivity index (χ1) is 8.52. The van der Waals surface area contributed by atoms with Crippen LogP contribution in [0.2, 0.25) is 0 Å². The summed E-state index contributed by atoms with van der Waals surface area (Å²) < 4.78 is 14.5. The molecule has 1 aliphatic heterocycles. The monoisotopic (exact) mass is 333 g/mol. The van der Waals surface area contributed by atoms with Crippen molar-refractivity contribution in [3.8, 4) is 0 Å². The Hall–Kier alpha value is -0.590. The molecule has 1 aliphatic rings. The van der Waals surface area contributed by atoms with E-state index in [9.17, 15) is 9.18 Å². The van der Waals surface area contributed by atoms with Crippen LogP contribution in [0.3, 0.4) is 0 Å². The van der Waals surface area contributed by atoms with Gasteiger partial charge in [-0.2, -0.15) is 0 Å². The average Bonchev–Trinajstić information content (AvgIpc) is 2.77. The summed E-state index contributed by atoms with van der Waals surface area (Å²) in [6.07, 6.45) is 2.32. The van der Waals surface area contributed by atoms with E-state index in [1.807, 2.05) is 12.3 Å². The summed E-state index contributed by atoms with van der Waals surface area (Å²) in [4.78, 5) is 11.5. The highest BCUT2D eigenvalue weighted by atomic mass is 79.9. The van der Waals surface area contributed by atoms with Crippen molar-refractivity contribution >= 4 is 33.7 Å². The van der Waals surface area contributed by atoms with Crippen molar-refractivity contribution in [1.82, 2.24) is 5.32 Å². The fraction of sp³-hybridized carbons (Fsp3) is 0.417. The number of carboxylic acid groups (broad SMARTS) is 1. The molecule has 0 saturated carbocycles. The van der Waals surface area contributed by atoms with Crippen LogP contribution in [-0.4, -0.2) is 23.9 Å². The standard InChI is InChI=1S/C12H13BrFNO2S/c1-18-11-8(13)2-6(3-9(11)14)10-4-7(5-15-10)12(16)17/h2-3,7,10,15H,4-5H2,1H3,(H,16,17). The molecule has 2 atom stereocenters. The minimum atomic E-state index is -0.801. The summed E-state index contributed by atoms with van der Waals surface area (Å²) in [5.74, 6) is -1.46. The third-order valence-electron chi connectivity index (χ3n) is 3.11. The molecule has 98 valence electrons. The summed E-state index contributed by atoms with van der Waals surface area (Å²) >= 11 is 4.69. The normalized spacial score (nSPS) is 23.3. The predicted octanol–water partition coefficient (Wildman–Crippen LogP) is 3.05. The second kappa shape index (κ2) is 5.59. The van der Waals surface area contributed by atoms with Gasteiger partial charge in [-0.1, -0.05) is 0 Å². The largest absolute Gasteiger partial charge is 0.481 e. The molecular weight excluding hydrogens is 321 g/mol. The van der Waals surface area contributed by atoms with Crippen molar-refractivity contribution in [3.63, 3.8) is 0 Å². The van der Waals surface area contributed by atoms with E-state index in [1.54, 1.807) is 0 Å². The number of hydrogen-bond acceptors (Lipinski definition) is 3.